The van der Waals surface area contributed by atoms with Crippen molar-refractivity contribution in [2.24, 2.45) is 11.8 Å². The molecule has 1 saturated heterocycles. The summed E-state index contributed by atoms with van der Waals surface area (Å²) in [6, 6.07) is 4.10. The number of halogens is 1. The van der Waals surface area contributed by atoms with Gasteiger partial charge in [-0.1, -0.05) is 36.5 Å². The summed E-state index contributed by atoms with van der Waals surface area (Å²) in [6.07, 6.45) is 10.1. The molecule has 4 aromatic heterocycles. The number of imidazole rings is 1. The Bertz CT molecular complexity index is 1650. The number of anilines is 2. The lowest BCUT2D eigenvalue weighted by atomic mass is 9.83. The molecule has 0 unspecified atom stereocenters. The van der Waals surface area contributed by atoms with E-state index in [-0.39, 0.29) is 11.9 Å². The zero-order chi connectivity index (χ0) is 29.0. The maximum atomic E-state index is 11.9. The lowest BCUT2D eigenvalue weighted by Crippen LogP contribution is -2.49. The number of aromatic nitrogens is 6. The summed E-state index contributed by atoms with van der Waals surface area (Å²) in [7, 11) is 3.91. The first-order valence-corrected chi connectivity index (χ1v) is 15.4. The second-order valence-electron chi connectivity index (χ2n) is 12.3. The Kier molecular flexibility index (Phi) is 7.17. The maximum Gasteiger partial charge on any atom is 0.439 e. The fourth-order valence-electron chi connectivity index (χ4n) is 7.09. The number of ether oxygens (including phenoxy) is 1. The Balaban J connectivity index is 1.48. The minimum absolute atomic E-state index is 0.230. The van der Waals surface area contributed by atoms with E-state index in [1.54, 1.807) is 6.20 Å². The second kappa shape index (κ2) is 11.0. The first-order valence-electron chi connectivity index (χ1n) is 15.0. The summed E-state index contributed by atoms with van der Waals surface area (Å²) in [5, 5.41) is 4.46. The summed E-state index contributed by atoms with van der Waals surface area (Å²) in [5.41, 5.74) is 3.67. The Morgan fingerprint density at radius 1 is 1.12 bits per heavy atom. The molecule has 4 aromatic rings. The largest absolute Gasteiger partial charge is 0.439 e. The van der Waals surface area contributed by atoms with Crippen LogP contribution in [0.1, 0.15) is 51.9 Å². The molecule has 11 nitrogen and oxygen atoms in total. The molecule has 0 bridgehead atoms. The molecule has 2 saturated carbocycles. The normalized spacial score (nSPS) is 24.3. The predicted molar refractivity (Wildman–Crippen MR) is 162 cm³/mol. The number of pyridine rings is 2. The topological polar surface area (TPSA) is 118 Å². The van der Waals surface area contributed by atoms with Gasteiger partial charge in [-0.3, -0.25) is 9.51 Å². The van der Waals surface area contributed by atoms with Crippen molar-refractivity contribution < 1.29 is 9.26 Å². The van der Waals surface area contributed by atoms with Crippen LogP contribution in [0.4, 0.5) is 11.8 Å². The second-order valence-corrected chi connectivity index (χ2v) is 12.8. The van der Waals surface area contributed by atoms with E-state index in [1.807, 2.05) is 31.1 Å². The van der Waals surface area contributed by atoms with Crippen LogP contribution < -0.4 is 15.6 Å². The van der Waals surface area contributed by atoms with Crippen molar-refractivity contribution in [3.8, 4) is 22.8 Å². The first kappa shape index (κ1) is 27.4. The van der Waals surface area contributed by atoms with Gasteiger partial charge in [-0.05, 0) is 56.1 Å². The van der Waals surface area contributed by atoms with Gasteiger partial charge in [-0.25, -0.2) is 19.7 Å². The van der Waals surface area contributed by atoms with E-state index in [9.17, 15) is 4.79 Å². The molecule has 0 radical (unpaired) electrons. The van der Waals surface area contributed by atoms with Gasteiger partial charge < -0.3 is 19.1 Å². The van der Waals surface area contributed by atoms with Crippen molar-refractivity contribution in [2.75, 3.05) is 37.0 Å². The molecule has 2 aliphatic carbocycles. The van der Waals surface area contributed by atoms with Gasteiger partial charge in [0.1, 0.15) is 17.2 Å². The maximum absolute atomic E-state index is 11.9. The molecule has 1 aliphatic heterocycles. The summed E-state index contributed by atoms with van der Waals surface area (Å²) in [4.78, 5) is 34.1. The van der Waals surface area contributed by atoms with Crippen molar-refractivity contribution in [2.45, 2.75) is 70.6 Å². The van der Waals surface area contributed by atoms with Gasteiger partial charge in [-0.2, -0.15) is 0 Å². The van der Waals surface area contributed by atoms with Gasteiger partial charge in [0.15, 0.2) is 0 Å². The number of hydrogen-bond acceptors (Lipinski definition) is 9. The van der Waals surface area contributed by atoms with Crippen molar-refractivity contribution in [3.63, 3.8) is 0 Å². The average Bonchev–Trinajstić information content (AvgIpc) is 3.72. The predicted octanol–water partition coefficient (Wildman–Crippen LogP) is 5.14. The van der Waals surface area contributed by atoms with E-state index >= 15 is 0 Å². The van der Waals surface area contributed by atoms with Crippen LogP contribution in [-0.2, 0) is 11.3 Å². The zero-order valence-electron chi connectivity index (χ0n) is 24.3. The van der Waals surface area contributed by atoms with Gasteiger partial charge in [0, 0.05) is 38.9 Å². The monoisotopic (exact) mass is 592 g/mol. The Hall–Kier alpha value is -3.44. The summed E-state index contributed by atoms with van der Waals surface area (Å²) < 4.78 is 13.4. The van der Waals surface area contributed by atoms with Gasteiger partial charge in [0.05, 0.1) is 34.8 Å². The molecule has 3 fully saturated rings. The first-order chi connectivity index (χ1) is 20.4. The fraction of sp³-hybridized carbons (Fsp3) is 0.567. The van der Waals surface area contributed by atoms with Crippen molar-refractivity contribution in [3.05, 3.63) is 33.9 Å². The van der Waals surface area contributed by atoms with E-state index in [0.29, 0.717) is 35.0 Å². The number of nitrogens with zero attached hydrogens (tertiary/aromatic N) is 7. The van der Waals surface area contributed by atoms with E-state index in [4.69, 9.17) is 30.8 Å². The van der Waals surface area contributed by atoms with Crippen molar-refractivity contribution in [1.29, 1.82) is 0 Å². The third-order valence-corrected chi connectivity index (χ3v) is 9.42. The molecule has 0 spiro atoms. The standard InChI is InChI=1S/C30H37ClN8O3/c1-17-7-9-18(10-8-17)16-39-26-21(34-29(39)38-11-12-41-24-6-4-5-23(24)38)14-22(27-35-30(40)42-36-27)33-25(26)20-13-19(31)15-32-28(20)37(2)3/h13-15,17-18,23-24H,4-12,16H2,1-3H3,(H,35,36,40)/t17-,18-,23-,24-/m1/s1. The van der Waals surface area contributed by atoms with Crippen LogP contribution in [-0.4, -0.2) is 69.1 Å². The number of nitrogens with one attached hydrogen (secondary N) is 1. The fourth-order valence-corrected chi connectivity index (χ4v) is 7.25. The SMILES string of the molecule is CN(C)c1ncc(Cl)cc1-c1nc(-c2noc(=O)[nH]2)cc2nc(N3CCO[C@@H]4CCC[C@H]43)n(C[C@H]3CC[C@H](C)CC3)c12. The number of hydrogen-bond donors (Lipinski definition) is 1. The Labute approximate surface area is 249 Å². The molecular formula is C30H37ClN8O3. The molecule has 12 heteroatoms. The minimum Gasteiger partial charge on any atom is -0.374 e. The highest BCUT2D eigenvalue weighted by atomic mass is 35.5. The van der Waals surface area contributed by atoms with Gasteiger partial charge >= 0.3 is 5.76 Å². The van der Waals surface area contributed by atoms with Crippen LogP contribution in [0.5, 0.6) is 0 Å². The molecule has 7 rings (SSSR count). The molecule has 222 valence electrons. The van der Waals surface area contributed by atoms with E-state index in [0.717, 1.165) is 66.6 Å². The van der Waals surface area contributed by atoms with Crippen LogP contribution in [0.2, 0.25) is 5.02 Å². The van der Waals surface area contributed by atoms with Gasteiger partial charge in [0.25, 0.3) is 0 Å². The lowest BCUT2D eigenvalue weighted by Gasteiger charge is -2.39. The highest BCUT2D eigenvalue weighted by Crippen LogP contribution is 2.41. The van der Waals surface area contributed by atoms with Crippen molar-refractivity contribution in [1.82, 2.24) is 29.7 Å². The quantitative estimate of drug-likeness (QED) is 0.324. The Morgan fingerprint density at radius 3 is 2.71 bits per heavy atom. The minimum atomic E-state index is -0.634. The third-order valence-electron chi connectivity index (χ3n) is 9.21. The van der Waals surface area contributed by atoms with Crippen LogP contribution in [0.15, 0.2) is 27.6 Å². The van der Waals surface area contributed by atoms with Gasteiger partial charge in [-0.15, -0.1) is 0 Å². The summed E-state index contributed by atoms with van der Waals surface area (Å²) in [6.45, 7) is 4.69. The zero-order valence-corrected chi connectivity index (χ0v) is 25.1. The van der Waals surface area contributed by atoms with E-state index in [2.05, 4.69) is 31.5 Å². The Morgan fingerprint density at radius 2 is 1.95 bits per heavy atom. The highest BCUT2D eigenvalue weighted by Gasteiger charge is 2.39. The van der Waals surface area contributed by atoms with Crippen LogP contribution >= 0.6 is 11.6 Å². The van der Waals surface area contributed by atoms with E-state index in [1.165, 1.54) is 25.7 Å². The lowest BCUT2D eigenvalue weighted by molar-refractivity contribution is 0.0247. The smallest absolute Gasteiger partial charge is 0.374 e. The molecule has 2 atom stereocenters. The van der Waals surface area contributed by atoms with Crippen molar-refractivity contribution >= 4 is 34.4 Å². The molecular weight excluding hydrogens is 556 g/mol. The molecule has 42 heavy (non-hydrogen) atoms. The highest BCUT2D eigenvalue weighted by molar-refractivity contribution is 6.30. The molecule has 5 heterocycles. The third kappa shape index (κ3) is 4.96. The number of rotatable bonds is 6. The molecule has 1 N–H and O–H groups in total. The number of aromatic amines is 1. The van der Waals surface area contributed by atoms with Crippen LogP contribution in [0, 0.1) is 11.8 Å². The molecule has 0 amide bonds. The average molecular weight is 593 g/mol. The molecule has 0 aromatic carbocycles. The number of H-pyrrole nitrogens is 1. The number of fused-ring (bicyclic) bond motifs is 2. The molecule has 3 aliphatic rings. The van der Waals surface area contributed by atoms with Crippen LogP contribution in [0.3, 0.4) is 0 Å². The number of morpholine rings is 1. The van der Waals surface area contributed by atoms with E-state index < -0.39 is 5.76 Å². The van der Waals surface area contributed by atoms with Gasteiger partial charge in [0.2, 0.25) is 11.8 Å². The van der Waals surface area contributed by atoms with Crippen LogP contribution in [0.25, 0.3) is 33.8 Å². The summed E-state index contributed by atoms with van der Waals surface area (Å²) in [5.74, 6) is 2.63. The summed E-state index contributed by atoms with van der Waals surface area (Å²) >= 11 is 6.55.